The number of urea groups is 1. The maximum atomic E-state index is 12.6. The van der Waals surface area contributed by atoms with Crippen molar-refractivity contribution >= 4 is 11.9 Å². The van der Waals surface area contributed by atoms with E-state index in [4.69, 9.17) is 4.74 Å². The minimum absolute atomic E-state index is 0.0518. The molecule has 3 rings (SSSR count). The van der Waals surface area contributed by atoms with Gasteiger partial charge in [-0.3, -0.25) is 4.79 Å². The molecule has 2 N–H and O–H groups in total. The normalized spacial score (nSPS) is 22.3. The highest BCUT2D eigenvalue weighted by Gasteiger charge is 2.38. The number of hydrogen-bond acceptors (Lipinski definition) is 3. The first-order chi connectivity index (χ1) is 12.7. The highest BCUT2D eigenvalue weighted by molar-refractivity contribution is 5.86. The Morgan fingerprint density at radius 2 is 2.19 bits per heavy atom. The third-order valence-corrected chi connectivity index (χ3v) is 5.11. The van der Waals surface area contributed by atoms with Gasteiger partial charge < -0.3 is 20.3 Å². The Labute approximate surface area is 155 Å². The van der Waals surface area contributed by atoms with Gasteiger partial charge in [0.1, 0.15) is 12.3 Å². The summed E-state index contributed by atoms with van der Waals surface area (Å²) in [7, 11) is 0. The van der Waals surface area contributed by atoms with Crippen molar-refractivity contribution in [2.24, 2.45) is 0 Å². The molecule has 6 heteroatoms. The Morgan fingerprint density at radius 1 is 1.35 bits per heavy atom. The fourth-order valence-corrected chi connectivity index (χ4v) is 3.83. The molecule has 1 saturated carbocycles. The zero-order valence-electron chi connectivity index (χ0n) is 15.5. The van der Waals surface area contributed by atoms with E-state index in [0.717, 1.165) is 49.8 Å². The lowest BCUT2D eigenvalue weighted by molar-refractivity contribution is -0.126. The van der Waals surface area contributed by atoms with E-state index in [0.29, 0.717) is 13.2 Å². The quantitative estimate of drug-likeness (QED) is 0.820. The Balaban J connectivity index is 1.51. The molecule has 0 aromatic heterocycles. The number of nitrogens with one attached hydrogen (secondary N) is 2. The standard InChI is InChI=1S/C20H29N3O3/c1-2-12-26-16-7-5-6-15(13-16)10-11-21-20(25)23-14-19(24)22-17-8-3-4-9-18(17)23/h5-7,13,17-18H,2-4,8-12,14H2,1H3,(H,21,25)(H,22,24). The Morgan fingerprint density at radius 3 is 3.04 bits per heavy atom. The van der Waals surface area contributed by atoms with Crippen LogP contribution in [0.5, 0.6) is 5.75 Å². The van der Waals surface area contributed by atoms with Gasteiger partial charge in [0.05, 0.1) is 12.6 Å². The first-order valence-electron chi connectivity index (χ1n) is 9.73. The van der Waals surface area contributed by atoms with Crippen LogP contribution in [0.3, 0.4) is 0 Å². The van der Waals surface area contributed by atoms with E-state index in [2.05, 4.69) is 17.6 Å². The van der Waals surface area contributed by atoms with Crippen LogP contribution in [0.25, 0.3) is 0 Å². The predicted molar refractivity (Wildman–Crippen MR) is 100 cm³/mol. The summed E-state index contributed by atoms with van der Waals surface area (Å²) in [6, 6.07) is 8.10. The molecule has 1 aromatic carbocycles. The number of amides is 3. The summed E-state index contributed by atoms with van der Waals surface area (Å²) in [5, 5.41) is 6.02. The molecule has 1 aliphatic heterocycles. The van der Waals surface area contributed by atoms with Crippen molar-refractivity contribution in [3.8, 4) is 5.75 Å². The second-order valence-corrected chi connectivity index (χ2v) is 7.13. The molecule has 2 unspecified atom stereocenters. The highest BCUT2D eigenvalue weighted by Crippen LogP contribution is 2.25. The van der Waals surface area contributed by atoms with Crippen molar-refractivity contribution in [1.29, 1.82) is 0 Å². The minimum Gasteiger partial charge on any atom is -0.494 e. The van der Waals surface area contributed by atoms with Gasteiger partial charge in [-0.2, -0.15) is 0 Å². The zero-order valence-corrected chi connectivity index (χ0v) is 15.5. The molecular formula is C20H29N3O3. The second kappa shape index (κ2) is 8.92. The van der Waals surface area contributed by atoms with Crippen molar-refractivity contribution in [2.45, 2.75) is 57.5 Å². The largest absolute Gasteiger partial charge is 0.494 e. The smallest absolute Gasteiger partial charge is 0.318 e. The van der Waals surface area contributed by atoms with Crippen LogP contribution in [0.2, 0.25) is 0 Å². The van der Waals surface area contributed by atoms with Crippen LogP contribution in [-0.2, 0) is 11.2 Å². The lowest BCUT2D eigenvalue weighted by Crippen LogP contribution is -2.64. The van der Waals surface area contributed by atoms with Crippen LogP contribution in [0.4, 0.5) is 4.79 Å². The lowest BCUT2D eigenvalue weighted by atomic mass is 9.87. The van der Waals surface area contributed by atoms with Gasteiger partial charge in [0, 0.05) is 12.6 Å². The minimum atomic E-state index is -0.130. The van der Waals surface area contributed by atoms with E-state index in [1.54, 1.807) is 4.90 Å². The first-order valence-corrected chi connectivity index (χ1v) is 9.73. The van der Waals surface area contributed by atoms with Gasteiger partial charge in [0.15, 0.2) is 0 Å². The summed E-state index contributed by atoms with van der Waals surface area (Å²) in [6.45, 7) is 3.50. The SMILES string of the molecule is CCCOc1cccc(CCNC(=O)N2CC(=O)NC3CCCCC32)c1. The number of hydrogen-bond donors (Lipinski definition) is 2. The Kier molecular flexibility index (Phi) is 6.36. The van der Waals surface area contributed by atoms with E-state index in [9.17, 15) is 9.59 Å². The van der Waals surface area contributed by atoms with Gasteiger partial charge in [-0.1, -0.05) is 31.9 Å². The van der Waals surface area contributed by atoms with Gasteiger partial charge in [0.2, 0.25) is 5.91 Å². The van der Waals surface area contributed by atoms with Crippen molar-refractivity contribution in [3.63, 3.8) is 0 Å². The Hall–Kier alpha value is -2.24. The molecule has 2 aliphatic rings. The average molecular weight is 359 g/mol. The van der Waals surface area contributed by atoms with E-state index >= 15 is 0 Å². The van der Waals surface area contributed by atoms with Gasteiger partial charge in [-0.25, -0.2) is 4.79 Å². The molecule has 26 heavy (non-hydrogen) atoms. The highest BCUT2D eigenvalue weighted by atomic mass is 16.5. The monoisotopic (exact) mass is 359 g/mol. The van der Waals surface area contributed by atoms with Crippen molar-refractivity contribution < 1.29 is 14.3 Å². The molecule has 0 radical (unpaired) electrons. The molecule has 6 nitrogen and oxygen atoms in total. The summed E-state index contributed by atoms with van der Waals surface area (Å²) in [6.07, 6.45) is 5.88. The average Bonchev–Trinajstić information content (AvgIpc) is 2.66. The molecule has 0 spiro atoms. The van der Waals surface area contributed by atoms with Crippen LogP contribution < -0.4 is 15.4 Å². The molecule has 0 bridgehead atoms. The molecule has 3 amide bonds. The number of carbonyl (C=O) groups is 2. The van der Waals surface area contributed by atoms with Crippen LogP contribution in [0, 0.1) is 0 Å². The van der Waals surface area contributed by atoms with Crippen LogP contribution in [0.1, 0.15) is 44.6 Å². The number of ether oxygens (including phenoxy) is 1. The van der Waals surface area contributed by atoms with Crippen LogP contribution in [-0.4, -0.2) is 48.6 Å². The summed E-state index contributed by atoms with van der Waals surface area (Å²) < 4.78 is 5.65. The van der Waals surface area contributed by atoms with Gasteiger partial charge in [-0.05, 0) is 43.4 Å². The fraction of sp³-hybridized carbons (Fsp3) is 0.600. The topological polar surface area (TPSA) is 70.7 Å². The summed E-state index contributed by atoms with van der Waals surface area (Å²) >= 11 is 0. The maximum Gasteiger partial charge on any atom is 0.318 e. The van der Waals surface area contributed by atoms with E-state index in [1.807, 2.05) is 24.3 Å². The van der Waals surface area contributed by atoms with Crippen molar-refractivity contribution in [3.05, 3.63) is 29.8 Å². The van der Waals surface area contributed by atoms with Crippen molar-refractivity contribution in [1.82, 2.24) is 15.5 Å². The molecule has 1 heterocycles. The fourth-order valence-electron chi connectivity index (χ4n) is 3.83. The number of fused-ring (bicyclic) bond motifs is 1. The van der Waals surface area contributed by atoms with E-state index < -0.39 is 0 Å². The number of rotatable bonds is 6. The molecule has 2 atom stereocenters. The molecule has 142 valence electrons. The van der Waals surface area contributed by atoms with Gasteiger partial charge >= 0.3 is 6.03 Å². The Bertz CT molecular complexity index is 634. The third-order valence-electron chi connectivity index (χ3n) is 5.11. The first kappa shape index (κ1) is 18.5. The maximum absolute atomic E-state index is 12.6. The second-order valence-electron chi connectivity index (χ2n) is 7.13. The molecular weight excluding hydrogens is 330 g/mol. The van der Waals surface area contributed by atoms with Crippen LogP contribution in [0.15, 0.2) is 24.3 Å². The molecule has 1 aromatic rings. The zero-order chi connectivity index (χ0) is 18.4. The number of benzene rings is 1. The number of carbonyl (C=O) groups excluding carboxylic acids is 2. The predicted octanol–water partition coefficient (Wildman–Crippen LogP) is 2.47. The third kappa shape index (κ3) is 4.68. The summed E-state index contributed by atoms with van der Waals surface area (Å²) in [4.78, 5) is 26.2. The van der Waals surface area contributed by atoms with Crippen LogP contribution >= 0.6 is 0 Å². The molecule has 2 fully saturated rings. The van der Waals surface area contributed by atoms with E-state index in [1.165, 1.54) is 0 Å². The molecule has 1 aliphatic carbocycles. The van der Waals surface area contributed by atoms with E-state index in [-0.39, 0.29) is 30.6 Å². The summed E-state index contributed by atoms with van der Waals surface area (Å²) in [5.74, 6) is 0.817. The van der Waals surface area contributed by atoms with Gasteiger partial charge in [0.25, 0.3) is 0 Å². The number of piperazine rings is 1. The molecule has 1 saturated heterocycles. The van der Waals surface area contributed by atoms with Crippen molar-refractivity contribution in [2.75, 3.05) is 19.7 Å². The lowest BCUT2D eigenvalue weighted by Gasteiger charge is -2.43. The van der Waals surface area contributed by atoms with Gasteiger partial charge in [-0.15, -0.1) is 0 Å². The summed E-state index contributed by atoms with van der Waals surface area (Å²) in [5.41, 5.74) is 1.13. The number of nitrogens with zero attached hydrogens (tertiary/aromatic N) is 1.